The summed E-state index contributed by atoms with van der Waals surface area (Å²) in [6, 6.07) is 3.98. The molecular weight excluding hydrogens is 396 g/mol. The van der Waals surface area contributed by atoms with E-state index in [2.05, 4.69) is 57.7 Å². The van der Waals surface area contributed by atoms with E-state index in [1.54, 1.807) is 18.0 Å². The Bertz CT molecular complexity index is 837. The molecule has 2 N–H and O–H groups in total. The molecule has 6 heteroatoms. The van der Waals surface area contributed by atoms with E-state index in [4.69, 9.17) is 4.99 Å². The van der Waals surface area contributed by atoms with Crippen molar-refractivity contribution < 1.29 is 0 Å². The summed E-state index contributed by atoms with van der Waals surface area (Å²) in [5, 5.41) is 4.51. The molecule has 0 bridgehead atoms. The van der Waals surface area contributed by atoms with Gasteiger partial charge in [0, 0.05) is 34.0 Å². The van der Waals surface area contributed by atoms with Crippen molar-refractivity contribution in [2.45, 2.75) is 31.6 Å². The Labute approximate surface area is 161 Å². The van der Waals surface area contributed by atoms with E-state index in [0.29, 0.717) is 0 Å². The van der Waals surface area contributed by atoms with Crippen LogP contribution in [0.4, 0.5) is 5.82 Å². The van der Waals surface area contributed by atoms with Crippen LogP contribution < -0.4 is 5.32 Å². The second kappa shape index (κ2) is 8.06. The third-order valence-electron chi connectivity index (χ3n) is 3.81. The summed E-state index contributed by atoms with van der Waals surface area (Å²) in [6.07, 6.45) is 7.61. The van der Waals surface area contributed by atoms with Gasteiger partial charge in [-0.05, 0) is 52.6 Å². The minimum Gasteiger partial charge on any atom is -0.344 e. The number of halogens is 1. The molecule has 0 amide bonds. The van der Waals surface area contributed by atoms with Crippen molar-refractivity contribution in [1.29, 1.82) is 0 Å². The van der Waals surface area contributed by atoms with Crippen molar-refractivity contribution in [2.24, 2.45) is 4.99 Å². The van der Waals surface area contributed by atoms with Crippen LogP contribution in [0.25, 0.3) is 0 Å². The molecule has 3 rings (SSSR count). The highest BCUT2D eigenvalue weighted by Crippen LogP contribution is 2.38. The molecule has 0 aromatic carbocycles. The predicted molar refractivity (Wildman–Crippen MR) is 111 cm³/mol. The first-order valence-corrected chi connectivity index (χ1v) is 9.96. The summed E-state index contributed by atoms with van der Waals surface area (Å²) in [6.45, 7) is 9.31. The van der Waals surface area contributed by atoms with E-state index in [1.807, 2.05) is 18.3 Å². The lowest BCUT2D eigenvalue weighted by molar-refractivity contribution is 0.933. The number of thioether (sulfide) groups is 1. The zero-order valence-corrected chi connectivity index (χ0v) is 16.8. The topological polar surface area (TPSA) is 53.1 Å². The first kappa shape index (κ1) is 18.0. The smallest absolute Gasteiger partial charge is 0.119 e. The SMILES string of the molecule is C=C1C=C(Sc2cccnc2)Nc2[nH]c(CC)c(Br)c2C1=NCCC. The highest BCUT2D eigenvalue weighted by atomic mass is 79.9. The van der Waals surface area contributed by atoms with Crippen LogP contribution in [-0.2, 0) is 6.42 Å². The molecule has 3 heterocycles. The van der Waals surface area contributed by atoms with E-state index in [-0.39, 0.29) is 0 Å². The first-order valence-electron chi connectivity index (χ1n) is 8.35. The molecule has 0 unspecified atom stereocenters. The van der Waals surface area contributed by atoms with Crippen LogP contribution in [0.5, 0.6) is 0 Å². The molecule has 0 radical (unpaired) electrons. The van der Waals surface area contributed by atoms with Crippen molar-refractivity contribution in [2.75, 3.05) is 11.9 Å². The zero-order valence-electron chi connectivity index (χ0n) is 14.4. The lowest BCUT2D eigenvalue weighted by atomic mass is 10.1. The maximum atomic E-state index is 4.79. The third kappa shape index (κ3) is 3.90. The maximum absolute atomic E-state index is 4.79. The number of hydrogen-bond donors (Lipinski definition) is 2. The summed E-state index contributed by atoms with van der Waals surface area (Å²) in [5.41, 5.74) is 4.07. The van der Waals surface area contributed by atoms with E-state index in [1.165, 1.54) is 0 Å². The molecule has 0 atom stereocenters. The van der Waals surface area contributed by atoms with Crippen LogP contribution in [0.15, 0.2) is 62.1 Å². The Morgan fingerprint density at radius 1 is 1.36 bits per heavy atom. The van der Waals surface area contributed by atoms with Gasteiger partial charge < -0.3 is 10.3 Å². The van der Waals surface area contributed by atoms with Gasteiger partial charge in [0.05, 0.1) is 16.3 Å². The van der Waals surface area contributed by atoms with Gasteiger partial charge in [-0.2, -0.15) is 0 Å². The molecule has 0 fully saturated rings. The van der Waals surface area contributed by atoms with Crippen LogP contribution in [0.1, 0.15) is 31.5 Å². The predicted octanol–water partition coefficient (Wildman–Crippen LogP) is 5.55. The lowest BCUT2D eigenvalue weighted by Crippen LogP contribution is -2.04. The van der Waals surface area contributed by atoms with Gasteiger partial charge in [0.15, 0.2) is 0 Å². The highest BCUT2D eigenvalue weighted by molar-refractivity contribution is 9.10. The van der Waals surface area contributed by atoms with Crippen molar-refractivity contribution >= 4 is 39.2 Å². The van der Waals surface area contributed by atoms with Gasteiger partial charge >= 0.3 is 0 Å². The number of rotatable bonds is 5. The van der Waals surface area contributed by atoms with Gasteiger partial charge in [0.1, 0.15) is 5.82 Å². The van der Waals surface area contributed by atoms with Crippen molar-refractivity contribution in [3.05, 3.63) is 63.5 Å². The second-order valence-corrected chi connectivity index (χ2v) is 7.61. The average Bonchev–Trinajstić information content (AvgIpc) is 2.84. The Kier molecular flexibility index (Phi) is 5.81. The van der Waals surface area contributed by atoms with Gasteiger partial charge in [-0.15, -0.1) is 0 Å². The number of nitrogens with zero attached hydrogens (tertiary/aromatic N) is 2. The number of hydrogen-bond acceptors (Lipinski definition) is 4. The standard InChI is InChI=1S/C19H21BrN4S/c1-4-8-22-18-12(3)10-15(25-13-7-6-9-21-11-13)24-19-16(18)17(20)14(5-2)23-19/h6-7,9-11,23-24H,3-5,8H2,1-2H3. The maximum Gasteiger partial charge on any atom is 0.119 e. The van der Waals surface area contributed by atoms with Crippen LogP contribution in [-0.4, -0.2) is 22.2 Å². The normalized spacial score (nSPS) is 15.6. The number of H-pyrrole nitrogens is 1. The first-order chi connectivity index (χ1) is 12.1. The van der Waals surface area contributed by atoms with E-state index in [9.17, 15) is 0 Å². The minimum atomic E-state index is 0.784. The Hall–Kier alpha value is -1.79. The van der Waals surface area contributed by atoms with Crippen molar-refractivity contribution in [3.8, 4) is 0 Å². The number of aromatic amines is 1. The molecular formula is C19H21BrN4S. The molecule has 2 aromatic heterocycles. The molecule has 25 heavy (non-hydrogen) atoms. The third-order valence-corrected chi connectivity index (χ3v) is 5.61. The van der Waals surface area contributed by atoms with Gasteiger partial charge in [0.25, 0.3) is 0 Å². The minimum absolute atomic E-state index is 0.784. The fourth-order valence-corrected chi connectivity index (χ4v) is 4.26. The molecule has 0 saturated carbocycles. The summed E-state index contributed by atoms with van der Waals surface area (Å²) in [4.78, 5) is 13.5. The molecule has 0 spiro atoms. The molecule has 130 valence electrons. The number of anilines is 1. The van der Waals surface area contributed by atoms with Gasteiger partial charge in [-0.25, -0.2) is 0 Å². The Morgan fingerprint density at radius 2 is 2.20 bits per heavy atom. The number of nitrogens with one attached hydrogen (secondary N) is 2. The van der Waals surface area contributed by atoms with Crippen LogP contribution in [0.2, 0.25) is 0 Å². The van der Waals surface area contributed by atoms with Crippen LogP contribution in [0.3, 0.4) is 0 Å². The number of fused-ring (bicyclic) bond motifs is 1. The summed E-state index contributed by atoms with van der Waals surface area (Å²) in [5.74, 6) is 0.958. The number of allylic oxidation sites excluding steroid dienone is 2. The largest absolute Gasteiger partial charge is 0.344 e. The molecule has 0 saturated heterocycles. The van der Waals surface area contributed by atoms with Gasteiger partial charge in [0.2, 0.25) is 0 Å². The number of aliphatic imine (C=N–C) groups is 1. The summed E-state index contributed by atoms with van der Waals surface area (Å²) in [7, 11) is 0. The number of aromatic nitrogens is 2. The van der Waals surface area contributed by atoms with E-state index >= 15 is 0 Å². The summed E-state index contributed by atoms with van der Waals surface area (Å²) < 4.78 is 1.06. The summed E-state index contributed by atoms with van der Waals surface area (Å²) >= 11 is 5.38. The van der Waals surface area contributed by atoms with Crippen molar-refractivity contribution in [1.82, 2.24) is 9.97 Å². The van der Waals surface area contributed by atoms with Crippen LogP contribution in [0, 0.1) is 0 Å². The number of pyridine rings is 1. The van der Waals surface area contributed by atoms with Gasteiger partial charge in [-0.1, -0.05) is 32.2 Å². The van der Waals surface area contributed by atoms with Crippen molar-refractivity contribution in [3.63, 3.8) is 0 Å². The zero-order chi connectivity index (χ0) is 17.8. The Balaban J connectivity index is 2.04. The fraction of sp³-hybridized carbons (Fsp3) is 0.263. The van der Waals surface area contributed by atoms with Crippen LogP contribution >= 0.6 is 27.7 Å². The Morgan fingerprint density at radius 3 is 2.88 bits per heavy atom. The molecule has 4 nitrogen and oxygen atoms in total. The number of aryl methyl sites for hydroxylation is 1. The molecule has 0 aliphatic carbocycles. The fourth-order valence-electron chi connectivity index (χ4n) is 2.63. The quantitative estimate of drug-likeness (QED) is 0.671. The molecule has 2 aromatic rings. The second-order valence-electron chi connectivity index (χ2n) is 5.70. The van der Waals surface area contributed by atoms with E-state index < -0.39 is 0 Å². The van der Waals surface area contributed by atoms with Gasteiger partial charge in [-0.3, -0.25) is 9.98 Å². The highest BCUT2D eigenvalue weighted by Gasteiger charge is 2.24. The molecule has 1 aliphatic rings. The molecule has 1 aliphatic heterocycles. The lowest BCUT2D eigenvalue weighted by Gasteiger charge is -2.08. The monoisotopic (exact) mass is 416 g/mol. The van der Waals surface area contributed by atoms with E-state index in [0.717, 1.165) is 62.1 Å². The average molecular weight is 417 g/mol.